The third-order valence-electron chi connectivity index (χ3n) is 5.52. The lowest BCUT2D eigenvalue weighted by molar-refractivity contribution is -0.143. The summed E-state index contributed by atoms with van der Waals surface area (Å²) < 4.78 is 5.04. The van der Waals surface area contributed by atoms with Crippen molar-refractivity contribution in [2.75, 3.05) is 19.7 Å². The minimum atomic E-state index is -0.593. The molecule has 2 N–H and O–H groups in total. The van der Waals surface area contributed by atoms with E-state index in [0.29, 0.717) is 24.1 Å². The number of aromatic nitrogens is 3. The number of nitrogens with zero attached hydrogens (tertiary/aromatic N) is 3. The molecular weight excluding hydrogens is 422 g/mol. The fourth-order valence-corrected chi connectivity index (χ4v) is 3.89. The van der Waals surface area contributed by atoms with E-state index in [9.17, 15) is 14.4 Å². The standard InChI is InChI=1S/C24H25N5O4/c1-2-33-23(31)11-20(18-4-3-8-25-12-18)28-22(30)14-29-9-7-16-5-6-17(10-19(16)24(29)32)21-13-26-15-27-21/h3-6,8,10,12-13,15,20H,2,7,9,11,14H2,1H3,(H,26,27)(H,28,30)/t20-/m0/s1. The first-order valence-corrected chi connectivity index (χ1v) is 10.8. The molecule has 0 aliphatic carbocycles. The number of nitrogens with one attached hydrogen (secondary N) is 2. The van der Waals surface area contributed by atoms with Gasteiger partial charge in [0.25, 0.3) is 5.91 Å². The van der Waals surface area contributed by atoms with Gasteiger partial charge in [-0.1, -0.05) is 18.2 Å². The van der Waals surface area contributed by atoms with E-state index in [2.05, 4.69) is 20.3 Å². The zero-order chi connectivity index (χ0) is 23.2. The molecule has 33 heavy (non-hydrogen) atoms. The zero-order valence-electron chi connectivity index (χ0n) is 18.3. The van der Waals surface area contributed by atoms with Crippen LogP contribution >= 0.6 is 0 Å². The quantitative estimate of drug-likeness (QED) is 0.512. The van der Waals surface area contributed by atoms with Crippen molar-refractivity contribution in [1.82, 2.24) is 25.2 Å². The van der Waals surface area contributed by atoms with Gasteiger partial charge in [-0.15, -0.1) is 0 Å². The Morgan fingerprint density at radius 1 is 1.24 bits per heavy atom. The Morgan fingerprint density at radius 3 is 2.85 bits per heavy atom. The molecule has 2 amide bonds. The van der Waals surface area contributed by atoms with Gasteiger partial charge in [0.1, 0.15) is 0 Å². The van der Waals surface area contributed by atoms with Gasteiger partial charge in [-0.25, -0.2) is 4.98 Å². The van der Waals surface area contributed by atoms with E-state index < -0.39 is 12.0 Å². The van der Waals surface area contributed by atoms with Crippen molar-refractivity contribution in [1.29, 1.82) is 0 Å². The van der Waals surface area contributed by atoms with Crippen molar-refractivity contribution in [2.24, 2.45) is 0 Å². The molecule has 4 rings (SSSR count). The summed E-state index contributed by atoms with van der Waals surface area (Å²) in [5.74, 6) is -0.966. The topological polar surface area (TPSA) is 117 Å². The van der Waals surface area contributed by atoms with Crippen LogP contribution in [0.3, 0.4) is 0 Å². The number of fused-ring (bicyclic) bond motifs is 1. The lowest BCUT2D eigenvalue weighted by Crippen LogP contribution is -2.45. The van der Waals surface area contributed by atoms with E-state index in [0.717, 1.165) is 16.8 Å². The van der Waals surface area contributed by atoms with Crippen LogP contribution in [0.5, 0.6) is 0 Å². The van der Waals surface area contributed by atoms with Crippen molar-refractivity contribution >= 4 is 17.8 Å². The van der Waals surface area contributed by atoms with Crippen molar-refractivity contribution in [3.8, 4) is 11.3 Å². The van der Waals surface area contributed by atoms with Crippen LogP contribution in [0.2, 0.25) is 0 Å². The first-order chi connectivity index (χ1) is 16.0. The molecule has 0 spiro atoms. The number of pyridine rings is 1. The Kier molecular flexibility index (Phi) is 6.77. The molecule has 0 fully saturated rings. The number of hydrogen-bond acceptors (Lipinski definition) is 6. The highest BCUT2D eigenvalue weighted by molar-refractivity contribution is 5.99. The van der Waals surface area contributed by atoms with Crippen LogP contribution < -0.4 is 5.32 Å². The van der Waals surface area contributed by atoms with E-state index in [-0.39, 0.29) is 31.4 Å². The van der Waals surface area contributed by atoms with Gasteiger partial charge in [-0.05, 0) is 36.6 Å². The highest BCUT2D eigenvalue weighted by atomic mass is 16.5. The van der Waals surface area contributed by atoms with E-state index >= 15 is 0 Å². The van der Waals surface area contributed by atoms with Crippen molar-refractivity contribution in [2.45, 2.75) is 25.8 Å². The third kappa shape index (κ3) is 5.25. The van der Waals surface area contributed by atoms with Gasteiger partial charge < -0.3 is 19.9 Å². The molecular formula is C24H25N5O4. The largest absolute Gasteiger partial charge is 0.466 e. The SMILES string of the molecule is CCOC(=O)C[C@H](NC(=O)CN1CCc2ccc(-c3cnc[nH]3)cc2C1=O)c1cccnc1. The number of aromatic amines is 1. The van der Waals surface area contributed by atoms with E-state index in [4.69, 9.17) is 4.74 Å². The van der Waals surface area contributed by atoms with Gasteiger partial charge in [0.2, 0.25) is 5.91 Å². The maximum Gasteiger partial charge on any atom is 0.308 e. The number of amides is 2. The number of rotatable bonds is 8. The number of hydrogen-bond donors (Lipinski definition) is 2. The first-order valence-electron chi connectivity index (χ1n) is 10.8. The molecule has 3 aromatic rings. The Labute approximate surface area is 191 Å². The minimum absolute atomic E-state index is 0.0183. The molecule has 1 aromatic carbocycles. The third-order valence-corrected chi connectivity index (χ3v) is 5.52. The average Bonchev–Trinajstić information content (AvgIpc) is 3.36. The fraction of sp³-hybridized carbons (Fsp3) is 0.292. The summed E-state index contributed by atoms with van der Waals surface area (Å²) in [5.41, 5.74) is 3.90. The molecule has 0 unspecified atom stereocenters. The molecule has 9 nitrogen and oxygen atoms in total. The summed E-state index contributed by atoms with van der Waals surface area (Å²) >= 11 is 0. The first kappa shape index (κ1) is 22.2. The van der Waals surface area contributed by atoms with Gasteiger partial charge in [0.05, 0.1) is 43.8 Å². The number of carbonyl (C=O) groups excluding carboxylic acids is 3. The second-order valence-corrected chi connectivity index (χ2v) is 7.73. The molecule has 2 aromatic heterocycles. The summed E-state index contributed by atoms with van der Waals surface area (Å²) in [6.07, 6.45) is 7.14. The van der Waals surface area contributed by atoms with Crippen molar-refractivity contribution in [3.05, 3.63) is 71.9 Å². The Balaban J connectivity index is 1.46. The predicted molar refractivity (Wildman–Crippen MR) is 120 cm³/mol. The summed E-state index contributed by atoms with van der Waals surface area (Å²) in [7, 11) is 0. The summed E-state index contributed by atoms with van der Waals surface area (Å²) in [5, 5.41) is 2.86. The van der Waals surface area contributed by atoms with Crippen LogP contribution in [-0.2, 0) is 20.7 Å². The van der Waals surface area contributed by atoms with Gasteiger partial charge in [-0.2, -0.15) is 0 Å². The number of benzene rings is 1. The predicted octanol–water partition coefficient (Wildman–Crippen LogP) is 2.28. The van der Waals surface area contributed by atoms with E-state index in [1.807, 2.05) is 18.2 Å². The second kappa shape index (κ2) is 10.1. The van der Waals surface area contributed by atoms with Gasteiger partial charge in [-0.3, -0.25) is 19.4 Å². The number of carbonyl (C=O) groups is 3. The highest BCUT2D eigenvalue weighted by Crippen LogP contribution is 2.25. The van der Waals surface area contributed by atoms with Crippen LogP contribution in [-0.4, -0.2) is 57.3 Å². The van der Waals surface area contributed by atoms with Crippen LogP contribution in [0.1, 0.15) is 40.9 Å². The molecule has 9 heteroatoms. The summed E-state index contributed by atoms with van der Waals surface area (Å²) in [6, 6.07) is 8.66. The number of esters is 1. The monoisotopic (exact) mass is 447 g/mol. The minimum Gasteiger partial charge on any atom is -0.466 e. The number of H-pyrrole nitrogens is 1. The fourth-order valence-electron chi connectivity index (χ4n) is 3.89. The van der Waals surface area contributed by atoms with Crippen LogP contribution in [0.15, 0.2) is 55.2 Å². The Bertz CT molecular complexity index is 1130. The van der Waals surface area contributed by atoms with Gasteiger partial charge >= 0.3 is 5.97 Å². The molecule has 0 saturated carbocycles. The zero-order valence-corrected chi connectivity index (χ0v) is 18.3. The molecule has 0 saturated heterocycles. The van der Waals surface area contributed by atoms with Crippen LogP contribution in [0, 0.1) is 0 Å². The molecule has 0 bridgehead atoms. The molecule has 170 valence electrons. The van der Waals surface area contributed by atoms with Crippen molar-refractivity contribution < 1.29 is 19.1 Å². The van der Waals surface area contributed by atoms with E-state index in [1.165, 1.54) is 4.90 Å². The van der Waals surface area contributed by atoms with E-state index in [1.54, 1.807) is 44.0 Å². The molecule has 3 heterocycles. The molecule has 0 radical (unpaired) electrons. The molecule has 1 atom stereocenters. The highest BCUT2D eigenvalue weighted by Gasteiger charge is 2.28. The number of ether oxygens (including phenoxy) is 1. The normalized spacial score (nSPS) is 13.8. The second-order valence-electron chi connectivity index (χ2n) is 7.73. The Morgan fingerprint density at radius 2 is 2.12 bits per heavy atom. The van der Waals surface area contributed by atoms with Gasteiger partial charge in [0, 0.05) is 30.1 Å². The van der Waals surface area contributed by atoms with Crippen molar-refractivity contribution in [3.63, 3.8) is 0 Å². The van der Waals surface area contributed by atoms with Crippen LogP contribution in [0.25, 0.3) is 11.3 Å². The van der Waals surface area contributed by atoms with Crippen LogP contribution in [0.4, 0.5) is 0 Å². The summed E-state index contributed by atoms with van der Waals surface area (Å²) in [6.45, 7) is 2.33. The number of imidazole rings is 1. The molecule has 1 aliphatic heterocycles. The lowest BCUT2D eigenvalue weighted by Gasteiger charge is -2.29. The Hall–Kier alpha value is -4.01. The molecule has 1 aliphatic rings. The smallest absolute Gasteiger partial charge is 0.308 e. The van der Waals surface area contributed by atoms with Gasteiger partial charge in [0.15, 0.2) is 0 Å². The maximum absolute atomic E-state index is 13.1. The lowest BCUT2D eigenvalue weighted by atomic mass is 9.96. The average molecular weight is 447 g/mol. The summed E-state index contributed by atoms with van der Waals surface area (Å²) in [4.78, 5) is 50.7. The maximum atomic E-state index is 13.1.